The number of fused-ring (bicyclic) bond motifs is 1. The predicted octanol–water partition coefficient (Wildman–Crippen LogP) is 3.32. The van der Waals surface area contributed by atoms with Crippen LogP contribution in [0, 0.1) is 0 Å². The lowest BCUT2D eigenvalue weighted by Crippen LogP contribution is -2.42. The Morgan fingerprint density at radius 3 is 2.95 bits per heavy atom. The number of carbonyl (C=O) groups excluding carboxylic acids is 1. The number of amides is 1. The monoisotopic (exact) mass is 306 g/mol. The predicted molar refractivity (Wildman–Crippen MR) is 84.8 cm³/mol. The van der Waals surface area contributed by atoms with Crippen LogP contribution in [0.2, 0.25) is 0 Å². The summed E-state index contributed by atoms with van der Waals surface area (Å²) in [6.45, 7) is 1.99. The third-order valence-corrected chi connectivity index (χ3v) is 6.26. The lowest BCUT2D eigenvalue weighted by atomic mass is 10.2. The van der Waals surface area contributed by atoms with E-state index >= 15 is 0 Å². The fraction of sp³-hybridized carbons (Fsp3) is 0.533. The second-order valence-corrected chi connectivity index (χ2v) is 7.77. The van der Waals surface area contributed by atoms with E-state index < -0.39 is 0 Å². The van der Waals surface area contributed by atoms with E-state index in [1.807, 2.05) is 0 Å². The van der Waals surface area contributed by atoms with Gasteiger partial charge in [-0.1, -0.05) is 0 Å². The van der Waals surface area contributed by atoms with Gasteiger partial charge in [-0.05, 0) is 49.7 Å². The number of hydrogen-bond donors (Lipinski definition) is 1. The van der Waals surface area contributed by atoms with E-state index in [0.29, 0.717) is 12.1 Å². The van der Waals surface area contributed by atoms with E-state index in [1.54, 1.807) is 22.7 Å². The summed E-state index contributed by atoms with van der Waals surface area (Å²) in [4.78, 5) is 15.8. The number of carbonyl (C=O) groups is 1. The molecule has 20 heavy (non-hydrogen) atoms. The van der Waals surface area contributed by atoms with Gasteiger partial charge in [-0.15, -0.1) is 22.7 Å². The average Bonchev–Trinajstić information content (AvgIpc) is 2.87. The van der Waals surface area contributed by atoms with E-state index in [4.69, 9.17) is 0 Å². The van der Waals surface area contributed by atoms with Gasteiger partial charge in [0.05, 0.1) is 4.88 Å². The maximum atomic E-state index is 12.8. The van der Waals surface area contributed by atoms with Gasteiger partial charge in [-0.3, -0.25) is 4.79 Å². The fourth-order valence-electron chi connectivity index (χ4n) is 2.95. The van der Waals surface area contributed by atoms with E-state index in [0.717, 1.165) is 18.0 Å². The van der Waals surface area contributed by atoms with Crippen LogP contribution in [0.25, 0.3) is 9.40 Å². The standard InChI is InChI=1S/C15H18N2OS2/c18-15(14-8-13-12(20-14)5-7-19-13)17(11-3-4-11)9-10-2-1-6-16-10/h5,7-8,10-11,16H,1-4,6,9H2. The van der Waals surface area contributed by atoms with Crippen molar-refractivity contribution in [2.24, 2.45) is 0 Å². The van der Waals surface area contributed by atoms with Gasteiger partial charge in [0.15, 0.2) is 0 Å². The SMILES string of the molecule is O=C(c1cc2sccc2s1)N(CC1CCCN1)C1CC1. The Labute approximate surface area is 126 Å². The number of nitrogens with zero attached hydrogens (tertiary/aromatic N) is 1. The average molecular weight is 306 g/mol. The van der Waals surface area contributed by atoms with Crippen LogP contribution >= 0.6 is 22.7 Å². The molecule has 0 radical (unpaired) electrons. The molecule has 1 aliphatic carbocycles. The highest BCUT2D eigenvalue weighted by molar-refractivity contribution is 7.27. The topological polar surface area (TPSA) is 32.3 Å². The number of rotatable bonds is 4. The molecule has 0 aromatic carbocycles. The molecule has 1 aliphatic heterocycles. The molecule has 2 fully saturated rings. The van der Waals surface area contributed by atoms with Crippen molar-refractivity contribution in [2.75, 3.05) is 13.1 Å². The van der Waals surface area contributed by atoms with Gasteiger partial charge < -0.3 is 10.2 Å². The van der Waals surface area contributed by atoms with Gasteiger partial charge in [0.25, 0.3) is 5.91 Å². The highest BCUT2D eigenvalue weighted by Gasteiger charge is 2.35. The molecule has 2 aromatic rings. The zero-order chi connectivity index (χ0) is 13.5. The number of hydrogen-bond acceptors (Lipinski definition) is 4. The zero-order valence-corrected chi connectivity index (χ0v) is 12.9. The smallest absolute Gasteiger partial charge is 0.264 e. The van der Waals surface area contributed by atoms with Crippen molar-refractivity contribution in [3.8, 4) is 0 Å². The van der Waals surface area contributed by atoms with Crippen molar-refractivity contribution in [2.45, 2.75) is 37.8 Å². The summed E-state index contributed by atoms with van der Waals surface area (Å²) in [5.41, 5.74) is 0. The fourth-order valence-corrected chi connectivity index (χ4v) is 5.01. The third kappa shape index (κ3) is 2.38. The van der Waals surface area contributed by atoms with Gasteiger partial charge in [0.2, 0.25) is 0 Å². The summed E-state index contributed by atoms with van der Waals surface area (Å²) >= 11 is 3.36. The minimum Gasteiger partial charge on any atom is -0.333 e. The van der Waals surface area contributed by atoms with Crippen molar-refractivity contribution in [1.82, 2.24) is 10.2 Å². The number of nitrogens with one attached hydrogen (secondary N) is 1. The van der Waals surface area contributed by atoms with Gasteiger partial charge in [0.1, 0.15) is 0 Å². The van der Waals surface area contributed by atoms with Crippen molar-refractivity contribution < 1.29 is 4.79 Å². The van der Waals surface area contributed by atoms with Gasteiger partial charge in [0, 0.05) is 28.0 Å². The summed E-state index contributed by atoms with van der Waals surface area (Å²) < 4.78 is 2.49. The Morgan fingerprint density at radius 2 is 2.25 bits per heavy atom. The molecule has 1 unspecified atom stereocenters. The first-order valence-electron chi connectivity index (χ1n) is 7.32. The summed E-state index contributed by atoms with van der Waals surface area (Å²) in [5, 5.41) is 5.60. The van der Waals surface area contributed by atoms with E-state index in [2.05, 4.69) is 27.7 Å². The molecule has 0 bridgehead atoms. The molecule has 4 rings (SSSR count). The number of thiophene rings is 2. The zero-order valence-electron chi connectivity index (χ0n) is 11.3. The maximum Gasteiger partial charge on any atom is 0.264 e. The molecule has 0 spiro atoms. The minimum absolute atomic E-state index is 0.245. The Balaban J connectivity index is 1.55. The molecular weight excluding hydrogens is 288 g/mol. The largest absolute Gasteiger partial charge is 0.333 e. The second-order valence-electron chi connectivity index (χ2n) is 5.74. The Morgan fingerprint density at radius 1 is 1.35 bits per heavy atom. The van der Waals surface area contributed by atoms with Gasteiger partial charge in [-0.2, -0.15) is 0 Å². The molecule has 3 nitrogen and oxygen atoms in total. The van der Waals surface area contributed by atoms with Gasteiger partial charge in [-0.25, -0.2) is 0 Å². The second kappa shape index (κ2) is 5.13. The normalized spacial score (nSPS) is 22.5. The molecule has 1 saturated heterocycles. The molecule has 3 heterocycles. The van der Waals surface area contributed by atoms with E-state index in [9.17, 15) is 4.79 Å². The highest BCUT2D eigenvalue weighted by atomic mass is 32.1. The Bertz CT molecular complexity index is 594. The first-order valence-corrected chi connectivity index (χ1v) is 9.02. The molecule has 1 saturated carbocycles. The molecule has 1 N–H and O–H groups in total. The summed E-state index contributed by atoms with van der Waals surface area (Å²) in [6, 6.07) is 5.18. The molecule has 5 heteroatoms. The Kier molecular flexibility index (Phi) is 3.28. The van der Waals surface area contributed by atoms with E-state index in [1.165, 1.54) is 35.1 Å². The minimum atomic E-state index is 0.245. The van der Waals surface area contributed by atoms with Crippen molar-refractivity contribution in [3.05, 3.63) is 22.4 Å². The van der Waals surface area contributed by atoms with Gasteiger partial charge >= 0.3 is 0 Å². The molecule has 2 aromatic heterocycles. The third-order valence-electron chi connectivity index (χ3n) is 4.18. The molecule has 106 valence electrons. The van der Waals surface area contributed by atoms with Crippen LogP contribution in [0.5, 0.6) is 0 Å². The van der Waals surface area contributed by atoms with Crippen molar-refractivity contribution in [1.29, 1.82) is 0 Å². The molecule has 1 atom stereocenters. The summed E-state index contributed by atoms with van der Waals surface area (Å²) in [5.74, 6) is 0.245. The summed E-state index contributed by atoms with van der Waals surface area (Å²) in [6.07, 6.45) is 4.80. The Hall–Kier alpha value is -0.910. The quantitative estimate of drug-likeness (QED) is 0.940. The summed E-state index contributed by atoms with van der Waals surface area (Å²) in [7, 11) is 0. The van der Waals surface area contributed by atoms with Crippen LogP contribution in [-0.4, -0.2) is 36.0 Å². The van der Waals surface area contributed by atoms with Crippen LogP contribution in [0.15, 0.2) is 17.5 Å². The first-order chi connectivity index (χ1) is 9.81. The van der Waals surface area contributed by atoms with Crippen LogP contribution in [0.4, 0.5) is 0 Å². The lowest BCUT2D eigenvalue weighted by Gasteiger charge is -2.25. The highest BCUT2D eigenvalue weighted by Crippen LogP contribution is 2.34. The van der Waals surface area contributed by atoms with Crippen molar-refractivity contribution in [3.63, 3.8) is 0 Å². The molecular formula is C15H18N2OS2. The molecule has 1 amide bonds. The van der Waals surface area contributed by atoms with Crippen LogP contribution in [0.1, 0.15) is 35.4 Å². The lowest BCUT2D eigenvalue weighted by molar-refractivity contribution is 0.0733. The maximum absolute atomic E-state index is 12.8. The molecule has 2 aliphatic rings. The van der Waals surface area contributed by atoms with Crippen LogP contribution in [0.3, 0.4) is 0 Å². The van der Waals surface area contributed by atoms with Crippen LogP contribution in [-0.2, 0) is 0 Å². The van der Waals surface area contributed by atoms with E-state index in [-0.39, 0.29) is 5.91 Å². The van der Waals surface area contributed by atoms with Crippen LogP contribution < -0.4 is 5.32 Å². The van der Waals surface area contributed by atoms with Crippen molar-refractivity contribution >= 4 is 38.0 Å². The first kappa shape index (κ1) is 12.8.